The fourth-order valence-electron chi connectivity index (χ4n) is 1.43. The third-order valence-electron chi connectivity index (χ3n) is 2.13. The molecule has 0 bridgehead atoms. The Balaban J connectivity index is 2.19. The van der Waals surface area contributed by atoms with E-state index in [1.165, 1.54) is 0 Å². The lowest BCUT2D eigenvalue weighted by atomic mass is 10.2. The average Bonchev–Trinajstić information content (AvgIpc) is 2.65. The zero-order valence-electron chi connectivity index (χ0n) is 8.69. The number of ether oxygens (including phenoxy) is 2. The van der Waals surface area contributed by atoms with Gasteiger partial charge in [0.15, 0.2) is 11.5 Å². The van der Waals surface area contributed by atoms with E-state index in [4.69, 9.17) is 15.2 Å². The molecule has 0 aliphatic carbocycles. The Kier molecular flexibility index (Phi) is 2.76. The highest BCUT2D eigenvalue weighted by molar-refractivity contribution is 5.83. The van der Waals surface area contributed by atoms with Gasteiger partial charge < -0.3 is 15.2 Å². The van der Waals surface area contributed by atoms with Gasteiger partial charge in [-0.25, -0.2) is 4.99 Å². The maximum atomic E-state index is 5.74. The van der Waals surface area contributed by atoms with Crippen molar-refractivity contribution in [2.45, 2.75) is 19.8 Å². The fraction of sp³-hybridized carbons (Fsp3) is 0.364. The molecule has 2 N–H and O–H groups in total. The minimum Gasteiger partial charge on any atom is -0.454 e. The average molecular weight is 206 g/mol. The zero-order chi connectivity index (χ0) is 10.7. The Morgan fingerprint density at radius 3 is 3.00 bits per heavy atom. The van der Waals surface area contributed by atoms with E-state index in [2.05, 4.69) is 11.9 Å². The molecule has 4 nitrogen and oxygen atoms in total. The van der Waals surface area contributed by atoms with Crippen LogP contribution in [0.15, 0.2) is 23.2 Å². The largest absolute Gasteiger partial charge is 0.454 e. The molecule has 0 amide bonds. The maximum Gasteiger partial charge on any atom is 0.231 e. The smallest absolute Gasteiger partial charge is 0.231 e. The minimum atomic E-state index is 0.285. The van der Waals surface area contributed by atoms with Crippen molar-refractivity contribution in [3.05, 3.63) is 18.2 Å². The van der Waals surface area contributed by atoms with Gasteiger partial charge in [0.25, 0.3) is 0 Å². The van der Waals surface area contributed by atoms with Crippen LogP contribution in [-0.2, 0) is 0 Å². The molecular weight excluding hydrogens is 192 g/mol. The number of nitrogens with zero attached hydrogens (tertiary/aromatic N) is 1. The van der Waals surface area contributed by atoms with E-state index in [0.717, 1.165) is 30.0 Å². The van der Waals surface area contributed by atoms with Crippen LogP contribution in [0.2, 0.25) is 0 Å². The lowest BCUT2D eigenvalue weighted by Crippen LogP contribution is -2.09. The van der Waals surface area contributed by atoms with Crippen LogP contribution in [0.5, 0.6) is 11.5 Å². The van der Waals surface area contributed by atoms with E-state index in [0.29, 0.717) is 5.84 Å². The molecule has 0 unspecified atom stereocenters. The molecular formula is C11H14N2O2. The number of fused-ring (bicyclic) bond motifs is 1. The Bertz CT molecular complexity index is 388. The van der Waals surface area contributed by atoms with Crippen LogP contribution in [0.1, 0.15) is 19.8 Å². The molecule has 80 valence electrons. The fourth-order valence-corrected chi connectivity index (χ4v) is 1.43. The van der Waals surface area contributed by atoms with Crippen molar-refractivity contribution in [2.75, 3.05) is 6.79 Å². The predicted molar refractivity (Wildman–Crippen MR) is 58.8 cm³/mol. The van der Waals surface area contributed by atoms with Crippen molar-refractivity contribution in [2.24, 2.45) is 10.7 Å². The number of nitrogens with two attached hydrogens (primary N) is 1. The van der Waals surface area contributed by atoms with Gasteiger partial charge >= 0.3 is 0 Å². The van der Waals surface area contributed by atoms with Gasteiger partial charge in [0.2, 0.25) is 6.79 Å². The van der Waals surface area contributed by atoms with E-state index in [1.54, 1.807) is 0 Å². The van der Waals surface area contributed by atoms with Gasteiger partial charge in [0.1, 0.15) is 0 Å². The van der Waals surface area contributed by atoms with Crippen molar-refractivity contribution in [1.29, 1.82) is 0 Å². The van der Waals surface area contributed by atoms with E-state index in [1.807, 2.05) is 18.2 Å². The molecule has 0 saturated heterocycles. The van der Waals surface area contributed by atoms with Gasteiger partial charge in [-0.05, 0) is 18.6 Å². The highest BCUT2D eigenvalue weighted by Gasteiger charge is 2.12. The summed E-state index contributed by atoms with van der Waals surface area (Å²) >= 11 is 0. The highest BCUT2D eigenvalue weighted by Crippen LogP contribution is 2.35. The molecule has 1 aromatic rings. The normalized spacial score (nSPS) is 14.3. The summed E-state index contributed by atoms with van der Waals surface area (Å²) < 4.78 is 10.5. The number of aliphatic imine (C=N–C) groups is 1. The van der Waals surface area contributed by atoms with Gasteiger partial charge in [-0.1, -0.05) is 6.92 Å². The predicted octanol–water partition coefficient (Wildman–Crippen LogP) is 2.20. The van der Waals surface area contributed by atoms with Crippen LogP contribution in [0.25, 0.3) is 0 Å². The molecule has 1 heterocycles. The van der Waals surface area contributed by atoms with Crippen molar-refractivity contribution >= 4 is 11.5 Å². The van der Waals surface area contributed by atoms with Gasteiger partial charge in [0, 0.05) is 12.5 Å². The van der Waals surface area contributed by atoms with Crippen LogP contribution in [-0.4, -0.2) is 12.6 Å². The monoisotopic (exact) mass is 206 g/mol. The summed E-state index contributed by atoms with van der Waals surface area (Å²) in [4.78, 5) is 4.29. The number of hydrogen-bond donors (Lipinski definition) is 1. The Hall–Kier alpha value is -1.71. The maximum absolute atomic E-state index is 5.74. The molecule has 0 saturated carbocycles. The molecule has 15 heavy (non-hydrogen) atoms. The number of benzene rings is 1. The van der Waals surface area contributed by atoms with Crippen molar-refractivity contribution in [1.82, 2.24) is 0 Å². The molecule has 4 heteroatoms. The molecule has 1 aliphatic heterocycles. The standard InChI is InChI=1S/C11H14N2O2/c1-2-3-11(12)13-8-4-5-9-10(6-8)15-7-14-9/h4-6H,2-3,7H2,1H3,(H2,12,13). The summed E-state index contributed by atoms with van der Waals surface area (Å²) in [7, 11) is 0. The first-order chi connectivity index (χ1) is 7.29. The summed E-state index contributed by atoms with van der Waals surface area (Å²) in [5, 5.41) is 0. The number of hydrogen-bond acceptors (Lipinski definition) is 3. The van der Waals surface area contributed by atoms with Gasteiger partial charge in [-0.2, -0.15) is 0 Å². The Labute approximate surface area is 88.7 Å². The van der Waals surface area contributed by atoms with E-state index in [9.17, 15) is 0 Å². The summed E-state index contributed by atoms with van der Waals surface area (Å²) in [5.41, 5.74) is 6.55. The minimum absolute atomic E-state index is 0.285. The Morgan fingerprint density at radius 1 is 1.40 bits per heavy atom. The van der Waals surface area contributed by atoms with Gasteiger partial charge in [-0.15, -0.1) is 0 Å². The van der Waals surface area contributed by atoms with E-state index >= 15 is 0 Å². The molecule has 0 radical (unpaired) electrons. The van der Waals surface area contributed by atoms with Crippen LogP contribution in [0, 0.1) is 0 Å². The third-order valence-corrected chi connectivity index (χ3v) is 2.13. The topological polar surface area (TPSA) is 56.8 Å². The molecule has 0 aromatic heterocycles. The molecule has 1 aliphatic rings. The van der Waals surface area contributed by atoms with Crippen molar-refractivity contribution < 1.29 is 9.47 Å². The second kappa shape index (κ2) is 4.21. The van der Waals surface area contributed by atoms with Crippen LogP contribution >= 0.6 is 0 Å². The molecule has 0 atom stereocenters. The second-order valence-corrected chi connectivity index (χ2v) is 3.39. The number of amidine groups is 1. The van der Waals surface area contributed by atoms with E-state index in [-0.39, 0.29) is 6.79 Å². The molecule has 2 rings (SSSR count). The first kappa shape index (κ1) is 9.83. The van der Waals surface area contributed by atoms with E-state index < -0.39 is 0 Å². The Morgan fingerprint density at radius 2 is 2.20 bits per heavy atom. The summed E-state index contributed by atoms with van der Waals surface area (Å²) in [6, 6.07) is 5.56. The van der Waals surface area contributed by atoms with Gasteiger partial charge in [0.05, 0.1) is 11.5 Å². The van der Waals surface area contributed by atoms with Crippen LogP contribution < -0.4 is 15.2 Å². The molecule has 0 spiro atoms. The SMILES string of the molecule is CCCC(N)=Nc1ccc2c(c1)OCO2. The van der Waals surface area contributed by atoms with Crippen LogP contribution in [0.3, 0.4) is 0 Å². The highest BCUT2D eigenvalue weighted by atomic mass is 16.7. The van der Waals surface area contributed by atoms with Crippen LogP contribution in [0.4, 0.5) is 5.69 Å². The first-order valence-corrected chi connectivity index (χ1v) is 5.02. The summed E-state index contributed by atoms with van der Waals surface area (Å²) in [6.07, 6.45) is 1.81. The van der Waals surface area contributed by atoms with Gasteiger partial charge in [-0.3, -0.25) is 0 Å². The second-order valence-electron chi connectivity index (χ2n) is 3.39. The lowest BCUT2D eigenvalue weighted by molar-refractivity contribution is 0.174. The third kappa shape index (κ3) is 2.21. The van der Waals surface area contributed by atoms with Crippen molar-refractivity contribution in [3.63, 3.8) is 0 Å². The molecule has 0 fully saturated rings. The summed E-state index contributed by atoms with van der Waals surface area (Å²) in [5.74, 6) is 2.15. The summed E-state index contributed by atoms with van der Waals surface area (Å²) in [6.45, 7) is 2.36. The lowest BCUT2D eigenvalue weighted by Gasteiger charge is -2.00. The first-order valence-electron chi connectivity index (χ1n) is 5.02. The quantitative estimate of drug-likeness (QED) is 0.609. The zero-order valence-corrected chi connectivity index (χ0v) is 8.69. The number of rotatable bonds is 3. The molecule has 1 aromatic carbocycles. The van der Waals surface area contributed by atoms with Crippen molar-refractivity contribution in [3.8, 4) is 11.5 Å².